The molecule has 8 atom stereocenters. The number of hydrogen-bond acceptors (Lipinski definition) is 9. The molecule has 1 heterocycles. The molecule has 1 saturated heterocycles. The van der Waals surface area contributed by atoms with Gasteiger partial charge in [0.2, 0.25) is 6.41 Å². The summed E-state index contributed by atoms with van der Waals surface area (Å²) in [5, 5.41) is 62.2. The number of rotatable bonds is 21. The van der Waals surface area contributed by atoms with Crippen molar-refractivity contribution in [1.29, 1.82) is 0 Å². The standard InChI is InChI=1S/C25H49NO9/c1-2-3-4-5-6-7-8-9-10-11-12-13-14-19(29)21(30)18(26-17-28)16-34-25-24(33)23(32)22(31)20(15-27)35-25/h17-25,27,29-33H,2-16H2,1H3,(H,26,28)/t18-,19+,20?,21-,22?,23?,24?,25?/m0/s1. The van der Waals surface area contributed by atoms with Crippen molar-refractivity contribution in [1.82, 2.24) is 5.32 Å². The SMILES string of the molecule is CCCCCCCCCCCCCC[C@@H](O)[C@@H](O)[C@H](COC1OC(CO)C(O)C(O)C1O)NC=O. The topological polar surface area (TPSA) is 169 Å². The van der Waals surface area contributed by atoms with Crippen molar-refractivity contribution >= 4 is 6.41 Å². The third-order valence-corrected chi connectivity index (χ3v) is 6.73. The maximum atomic E-state index is 11.0. The van der Waals surface area contributed by atoms with Crippen molar-refractivity contribution < 1.29 is 44.9 Å². The second-order valence-corrected chi connectivity index (χ2v) is 9.66. The van der Waals surface area contributed by atoms with Gasteiger partial charge in [0.25, 0.3) is 0 Å². The quantitative estimate of drug-likeness (QED) is 0.0874. The third-order valence-electron chi connectivity index (χ3n) is 6.73. The zero-order chi connectivity index (χ0) is 26.1. The Labute approximate surface area is 209 Å². The van der Waals surface area contributed by atoms with E-state index in [9.17, 15) is 35.4 Å². The lowest BCUT2D eigenvalue weighted by Gasteiger charge is -2.40. The molecule has 0 aliphatic carbocycles. The number of ether oxygens (including phenoxy) is 2. The van der Waals surface area contributed by atoms with E-state index in [4.69, 9.17) is 9.47 Å². The molecule has 208 valence electrons. The summed E-state index contributed by atoms with van der Waals surface area (Å²) in [6.07, 6.45) is 5.48. The maximum Gasteiger partial charge on any atom is 0.207 e. The lowest BCUT2D eigenvalue weighted by Crippen LogP contribution is -2.60. The zero-order valence-corrected chi connectivity index (χ0v) is 21.2. The molecular formula is C25H49NO9. The number of carbonyl (C=O) groups is 1. The average Bonchev–Trinajstić information content (AvgIpc) is 2.86. The first-order valence-corrected chi connectivity index (χ1v) is 13.3. The van der Waals surface area contributed by atoms with Crippen LogP contribution >= 0.6 is 0 Å². The summed E-state index contributed by atoms with van der Waals surface area (Å²) in [5.74, 6) is 0. The van der Waals surface area contributed by atoms with Gasteiger partial charge in [-0.25, -0.2) is 0 Å². The minimum atomic E-state index is -1.59. The molecule has 7 N–H and O–H groups in total. The number of nitrogens with one attached hydrogen (secondary N) is 1. The molecule has 1 rings (SSSR count). The van der Waals surface area contributed by atoms with Crippen LogP contribution < -0.4 is 5.32 Å². The Morgan fingerprint density at radius 3 is 1.91 bits per heavy atom. The third kappa shape index (κ3) is 12.3. The predicted molar refractivity (Wildman–Crippen MR) is 130 cm³/mol. The minimum Gasteiger partial charge on any atom is -0.394 e. The molecule has 10 heteroatoms. The lowest BCUT2D eigenvalue weighted by atomic mass is 9.98. The fraction of sp³-hybridized carbons (Fsp3) is 0.960. The number of unbranched alkanes of at least 4 members (excludes halogenated alkanes) is 11. The van der Waals surface area contributed by atoms with Gasteiger partial charge in [0, 0.05) is 0 Å². The predicted octanol–water partition coefficient (Wildman–Crippen LogP) is 0.730. The van der Waals surface area contributed by atoms with Crippen LogP contribution in [0.25, 0.3) is 0 Å². The molecular weight excluding hydrogens is 458 g/mol. The van der Waals surface area contributed by atoms with Gasteiger partial charge in [-0.1, -0.05) is 84.0 Å². The van der Waals surface area contributed by atoms with Crippen LogP contribution in [0.1, 0.15) is 90.4 Å². The van der Waals surface area contributed by atoms with Gasteiger partial charge >= 0.3 is 0 Å². The fourth-order valence-corrected chi connectivity index (χ4v) is 4.37. The highest BCUT2D eigenvalue weighted by Crippen LogP contribution is 2.22. The number of carbonyl (C=O) groups excluding carboxylic acids is 1. The Hall–Kier alpha value is -0.850. The van der Waals surface area contributed by atoms with E-state index in [0.29, 0.717) is 12.8 Å². The van der Waals surface area contributed by atoms with Crippen molar-refractivity contribution in [2.75, 3.05) is 13.2 Å². The van der Waals surface area contributed by atoms with Crippen LogP contribution in [0.2, 0.25) is 0 Å². The molecule has 0 radical (unpaired) electrons. The van der Waals surface area contributed by atoms with Gasteiger partial charge in [-0.15, -0.1) is 0 Å². The summed E-state index contributed by atoms with van der Waals surface area (Å²) in [7, 11) is 0. The van der Waals surface area contributed by atoms with E-state index in [-0.39, 0.29) is 6.61 Å². The minimum absolute atomic E-state index is 0.321. The van der Waals surface area contributed by atoms with Gasteiger partial charge in [-0.2, -0.15) is 0 Å². The zero-order valence-electron chi connectivity index (χ0n) is 21.2. The first-order chi connectivity index (χ1) is 16.9. The van der Waals surface area contributed by atoms with Crippen molar-refractivity contribution in [3.05, 3.63) is 0 Å². The molecule has 0 aromatic rings. The van der Waals surface area contributed by atoms with E-state index in [2.05, 4.69) is 12.2 Å². The molecule has 1 fully saturated rings. The summed E-state index contributed by atoms with van der Waals surface area (Å²) < 4.78 is 10.7. The molecule has 0 bridgehead atoms. The maximum absolute atomic E-state index is 11.0. The Kier molecular flexibility index (Phi) is 17.7. The molecule has 1 aliphatic heterocycles. The van der Waals surface area contributed by atoms with Crippen LogP contribution in [0.15, 0.2) is 0 Å². The van der Waals surface area contributed by atoms with Gasteiger partial charge < -0.3 is 45.4 Å². The second-order valence-electron chi connectivity index (χ2n) is 9.66. The summed E-state index contributed by atoms with van der Waals surface area (Å²) in [4.78, 5) is 11.0. The summed E-state index contributed by atoms with van der Waals surface area (Å²) in [5.41, 5.74) is 0. The average molecular weight is 508 g/mol. The summed E-state index contributed by atoms with van der Waals surface area (Å²) in [6, 6.07) is -0.979. The van der Waals surface area contributed by atoms with E-state index < -0.39 is 55.6 Å². The molecule has 5 unspecified atom stereocenters. The van der Waals surface area contributed by atoms with Crippen molar-refractivity contribution in [3.63, 3.8) is 0 Å². The molecule has 0 aromatic heterocycles. The number of amides is 1. The first kappa shape index (κ1) is 32.2. The van der Waals surface area contributed by atoms with Gasteiger partial charge in [0.05, 0.1) is 25.4 Å². The fourth-order valence-electron chi connectivity index (χ4n) is 4.37. The van der Waals surface area contributed by atoms with Gasteiger partial charge in [0.1, 0.15) is 30.5 Å². The molecule has 1 amide bonds. The number of hydrogen-bond donors (Lipinski definition) is 7. The molecule has 10 nitrogen and oxygen atoms in total. The highest BCUT2D eigenvalue weighted by molar-refractivity contribution is 5.46. The normalized spacial score (nSPS) is 27.3. The Bertz CT molecular complexity index is 525. The summed E-state index contributed by atoms with van der Waals surface area (Å²) >= 11 is 0. The van der Waals surface area contributed by atoms with Crippen LogP contribution in [0.4, 0.5) is 0 Å². The highest BCUT2D eigenvalue weighted by Gasteiger charge is 2.44. The molecule has 0 aromatic carbocycles. The molecule has 35 heavy (non-hydrogen) atoms. The van der Waals surface area contributed by atoms with Gasteiger partial charge in [0.15, 0.2) is 6.29 Å². The van der Waals surface area contributed by atoms with Crippen molar-refractivity contribution in [2.24, 2.45) is 0 Å². The first-order valence-electron chi connectivity index (χ1n) is 13.3. The largest absolute Gasteiger partial charge is 0.394 e. The van der Waals surface area contributed by atoms with Crippen LogP contribution in [-0.4, -0.2) is 99.2 Å². The second kappa shape index (κ2) is 19.3. The Morgan fingerprint density at radius 1 is 0.857 bits per heavy atom. The van der Waals surface area contributed by atoms with Crippen LogP contribution in [0.5, 0.6) is 0 Å². The Balaban J connectivity index is 2.27. The van der Waals surface area contributed by atoms with Crippen LogP contribution in [-0.2, 0) is 14.3 Å². The van der Waals surface area contributed by atoms with E-state index >= 15 is 0 Å². The van der Waals surface area contributed by atoms with Crippen LogP contribution in [0.3, 0.4) is 0 Å². The van der Waals surface area contributed by atoms with Crippen molar-refractivity contribution in [2.45, 2.75) is 139 Å². The molecule has 0 spiro atoms. The smallest absolute Gasteiger partial charge is 0.207 e. The van der Waals surface area contributed by atoms with Crippen LogP contribution in [0, 0.1) is 0 Å². The van der Waals surface area contributed by atoms with E-state index in [0.717, 1.165) is 25.7 Å². The van der Waals surface area contributed by atoms with Gasteiger partial charge in [-0.3, -0.25) is 4.79 Å². The summed E-state index contributed by atoms with van der Waals surface area (Å²) in [6.45, 7) is 1.31. The number of aliphatic hydroxyl groups is 6. The lowest BCUT2D eigenvalue weighted by molar-refractivity contribution is -0.303. The van der Waals surface area contributed by atoms with E-state index in [1.54, 1.807) is 0 Å². The van der Waals surface area contributed by atoms with Crippen molar-refractivity contribution in [3.8, 4) is 0 Å². The monoisotopic (exact) mass is 507 g/mol. The van der Waals surface area contributed by atoms with E-state index in [1.165, 1.54) is 51.4 Å². The number of aliphatic hydroxyl groups excluding tert-OH is 6. The molecule has 1 aliphatic rings. The molecule has 0 saturated carbocycles. The van der Waals surface area contributed by atoms with Gasteiger partial charge in [-0.05, 0) is 6.42 Å². The highest BCUT2D eigenvalue weighted by atomic mass is 16.7. The Morgan fingerprint density at radius 2 is 1.40 bits per heavy atom. The van der Waals surface area contributed by atoms with E-state index in [1.807, 2.05) is 0 Å².